The Hall–Kier alpha value is -0.860. The maximum absolute atomic E-state index is 5.78. The van der Waals surface area contributed by atoms with Gasteiger partial charge in [0.1, 0.15) is 0 Å². The van der Waals surface area contributed by atoms with Crippen molar-refractivity contribution in [2.75, 3.05) is 19.6 Å². The standard InChI is InChI=1S/C16H26N2/c1-2-5-14-8-10-18(13-14)11-9-15-6-3-4-7-16(15)12-17/h3-4,6-7,14H,2,5,8-13,17H2,1H3. The van der Waals surface area contributed by atoms with Crippen molar-refractivity contribution in [2.45, 2.75) is 39.2 Å². The van der Waals surface area contributed by atoms with E-state index >= 15 is 0 Å². The van der Waals surface area contributed by atoms with Crippen molar-refractivity contribution in [3.8, 4) is 0 Å². The predicted molar refractivity (Wildman–Crippen MR) is 77.5 cm³/mol. The number of likely N-dealkylation sites (tertiary alicyclic amines) is 1. The molecule has 18 heavy (non-hydrogen) atoms. The largest absolute Gasteiger partial charge is 0.326 e. The molecule has 1 aromatic carbocycles. The second-order valence-corrected chi connectivity index (χ2v) is 5.47. The van der Waals surface area contributed by atoms with Crippen LogP contribution in [0.5, 0.6) is 0 Å². The van der Waals surface area contributed by atoms with E-state index in [2.05, 4.69) is 36.1 Å². The van der Waals surface area contributed by atoms with Gasteiger partial charge < -0.3 is 10.6 Å². The van der Waals surface area contributed by atoms with Crippen LogP contribution in [0.3, 0.4) is 0 Å². The van der Waals surface area contributed by atoms with Crippen LogP contribution in [-0.4, -0.2) is 24.5 Å². The summed E-state index contributed by atoms with van der Waals surface area (Å²) in [5, 5.41) is 0. The maximum Gasteiger partial charge on any atom is 0.0180 e. The van der Waals surface area contributed by atoms with E-state index in [1.807, 2.05) is 0 Å². The molecule has 0 amide bonds. The summed E-state index contributed by atoms with van der Waals surface area (Å²) in [6, 6.07) is 8.58. The Balaban J connectivity index is 1.81. The van der Waals surface area contributed by atoms with E-state index in [4.69, 9.17) is 5.73 Å². The van der Waals surface area contributed by atoms with Crippen LogP contribution in [-0.2, 0) is 13.0 Å². The molecule has 0 saturated carbocycles. The third kappa shape index (κ3) is 3.56. The fraction of sp³-hybridized carbons (Fsp3) is 0.625. The predicted octanol–water partition coefficient (Wildman–Crippen LogP) is 2.81. The number of hydrogen-bond acceptors (Lipinski definition) is 2. The van der Waals surface area contributed by atoms with E-state index in [0.717, 1.165) is 12.3 Å². The zero-order valence-electron chi connectivity index (χ0n) is 11.6. The van der Waals surface area contributed by atoms with Gasteiger partial charge in [0.2, 0.25) is 0 Å². The lowest BCUT2D eigenvalue weighted by molar-refractivity contribution is 0.324. The fourth-order valence-electron chi connectivity index (χ4n) is 3.04. The van der Waals surface area contributed by atoms with Gasteiger partial charge in [0.15, 0.2) is 0 Å². The fourth-order valence-corrected chi connectivity index (χ4v) is 3.04. The molecule has 1 unspecified atom stereocenters. The number of hydrogen-bond donors (Lipinski definition) is 1. The second-order valence-electron chi connectivity index (χ2n) is 5.47. The van der Waals surface area contributed by atoms with Gasteiger partial charge in [-0.3, -0.25) is 0 Å². The molecule has 0 spiro atoms. The summed E-state index contributed by atoms with van der Waals surface area (Å²) in [5.74, 6) is 0.944. The average Bonchev–Trinajstić information content (AvgIpc) is 2.85. The van der Waals surface area contributed by atoms with Crippen molar-refractivity contribution >= 4 is 0 Å². The van der Waals surface area contributed by atoms with Crippen LogP contribution in [0.25, 0.3) is 0 Å². The molecule has 1 atom stereocenters. The highest BCUT2D eigenvalue weighted by molar-refractivity contribution is 5.27. The second kappa shape index (κ2) is 6.91. The highest BCUT2D eigenvalue weighted by Crippen LogP contribution is 2.21. The van der Waals surface area contributed by atoms with E-state index < -0.39 is 0 Å². The van der Waals surface area contributed by atoms with Gasteiger partial charge in [-0.25, -0.2) is 0 Å². The molecule has 0 bridgehead atoms. The van der Waals surface area contributed by atoms with Gasteiger partial charge in [0, 0.05) is 19.6 Å². The van der Waals surface area contributed by atoms with Gasteiger partial charge in [-0.1, -0.05) is 37.6 Å². The number of nitrogens with zero attached hydrogens (tertiary/aromatic N) is 1. The van der Waals surface area contributed by atoms with Crippen LogP contribution in [0.4, 0.5) is 0 Å². The van der Waals surface area contributed by atoms with Crippen LogP contribution in [0.2, 0.25) is 0 Å². The minimum absolute atomic E-state index is 0.661. The Labute approximate surface area is 111 Å². The molecule has 100 valence electrons. The first-order valence-corrected chi connectivity index (χ1v) is 7.32. The van der Waals surface area contributed by atoms with E-state index in [1.165, 1.54) is 50.0 Å². The number of nitrogens with two attached hydrogens (primary N) is 1. The Morgan fingerprint density at radius 3 is 2.78 bits per heavy atom. The first-order valence-electron chi connectivity index (χ1n) is 7.32. The molecule has 1 saturated heterocycles. The number of rotatable bonds is 6. The topological polar surface area (TPSA) is 29.3 Å². The molecule has 1 aromatic rings. The van der Waals surface area contributed by atoms with Crippen LogP contribution >= 0.6 is 0 Å². The third-order valence-corrected chi connectivity index (χ3v) is 4.10. The SMILES string of the molecule is CCCC1CCN(CCc2ccccc2CN)C1. The highest BCUT2D eigenvalue weighted by Gasteiger charge is 2.21. The van der Waals surface area contributed by atoms with Crippen molar-refractivity contribution in [3.63, 3.8) is 0 Å². The number of benzene rings is 1. The van der Waals surface area contributed by atoms with E-state index in [1.54, 1.807) is 0 Å². The molecule has 1 aliphatic heterocycles. The molecule has 2 heteroatoms. The molecule has 2 rings (SSSR count). The quantitative estimate of drug-likeness (QED) is 0.836. The minimum atomic E-state index is 0.661. The first-order chi connectivity index (χ1) is 8.83. The summed E-state index contributed by atoms with van der Waals surface area (Å²) >= 11 is 0. The molecule has 1 fully saturated rings. The third-order valence-electron chi connectivity index (χ3n) is 4.10. The lowest BCUT2D eigenvalue weighted by Gasteiger charge is -2.17. The van der Waals surface area contributed by atoms with Crippen molar-refractivity contribution in [1.82, 2.24) is 4.90 Å². The molecule has 1 heterocycles. The lowest BCUT2D eigenvalue weighted by atomic mass is 10.0. The Morgan fingerprint density at radius 1 is 1.28 bits per heavy atom. The maximum atomic E-state index is 5.78. The highest BCUT2D eigenvalue weighted by atomic mass is 15.1. The van der Waals surface area contributed by atoms with Gasteiger partial charge in [-0.2, -0.15) is 0 Å². The molecule has 2 nitrogen and oxygen atoms in total. The Bertz CT molecular complexity index is 362. The summed E-state index contributed by atoms with van der Waals surface area (Å²) in [6.07, 6.45) is 5.27. The van der Waals surface area contributed by atoms with Crippen LogP contribution in [0.1, 0.15) is 37.3 Å². The Kier molecular flexibility index (Phi) is 5.21. The summed E-state index contributed by atoms with van der Waals surface area (Å²) in [7, 11) is 0. The molecule has 0 aliphatic carbocycles. The van der Waals surface area contributed by atoms with Gasteiger partial charge in [-0.15, -0.1) is 0 Å². The van der Waals surface area contributed by atoms with E-state index in [-0.39, 0.29) is 0 Å². The van der Waals surface area contributed by atoms with E-state index in [0.29, 0.717) is 6.54 Å². The molecular formula is C16H26N2. The molecular weight excluding hydrogens is 220 g/mol. The van der Waals surface area contributed by atoms with Crippen LogP contribution in [0.15, 0.2) is 24.3 Å². The van der Waals surface area contributed by atoms with Crippen LogP contribution in [0, 0.1) is 5.92 Å². The summed E-state index contributed by atoms with van der Waals surface area (Å²) in [5.41, 5.74) is 8.52. The van der Waals surface area contributed by atoms with Gasteiger partial charge in [-0.05, 0) is 42.9 Å². The summed E-state index contributed by atoms with van der Waals surface area (Å²) in [6.45, 7) is 6.74. The molecule has 2 N–H and O–H groups in total. The zero-order valence-corrected chi connectivity index (χ0v) is 11.6. The smallest absolute Gasteiger partial charge is 0.0180 e. The normalized spacial score (nSPS) is 20.4. The van der Waals surface area contributed by atoms with Gasteiger partial charge in [0.05, 0.1) is 0 Å². The summed E-state index contributed by atoms with van der Waals surface area (Å²) < 4.78 is 0. The minimum Gasteiger partial charge on any atom is -0.326 e. The van der Waals surface area contributed by atoms with E-state index in [9.17, 15) is 0 Å². The summed E-state index contributed by atoms with van der Waals surface area (Å²) in [4.78, 5) is 2.62. The lowest BCUT2D eigenvalue weighted by Crippen LogP contribution is -2.23. The van der Waals surface area contributed by atoms with Crippen molar-refractivity contribution < 1.29 is 0 Å². The van der Waals surface area contributed by atoms with Gasteiger partial charge >= 0.3 is 0 Å². The van der Waals surface area contributed by atoms with Crippen molar-refractivity contribution in [2.24, 2.45) is 11.7 Å². The first kappa shape index (κ1) is 13.6. The molecule has 0 aromatic heterocycles. The zero-order chi connectivity index (χ0) is 12.8. The Morgan fingerprint density at radius 2 is 2.06 bits per heavy atom. The van der Waals surface area contributed by atoms with Crippen molar-refractivity contribution in [3.05, 3.63) is 35.4 Å². The van der Waals surface area contributed by atoms with Crippen LogP contribution < -0.4 is 5.73 Å². The monoisotopic (exact) mass is 246 g/mol. The molecule has 0 radical (unpaired) electrons. The molecule has 1 aliphatic rings. The van der Waals surface area contributed by atoms with Crippen molar-refractivity contribution in [1.29, 1.82) is 0 Å². The van der Waals surface area contributed by atoms with Gasteiger partial charge in [0.25, 0.3) is 0 Å². The average molecular weight is 246 g/mol.